The van der Waals surface area contributed by atoms with Crippen LogP contribution in [0.4, 0.5) is 5.69 Å². The molecule has 13 heavy (non-hydrogen) atoms. The van der Waals surface area contributed by atoms with Gasteiger partial charge in [-0.05, 0) is 18.2 Å². The first-order chi connectivity index (χ1) is 6.19. The summed E-state index contributed by atoms with van der Waals surface area (Å²) in [6.07, 6.45) is 0.518. The maximum atomic E-state index is 11.0. The first-order valence-corrected chi connectivity index (χ1v) is 3.48. The third kappa shape index (κ3) is 1.83. The number of nitrogens with one attached hydrogen (secondary N) is 1. The lowest BCUT2D eigenvalue weighted by atomic mass is 10.1. The molecule has 0 atom stereocenters. The Bertz CT molecular complexity index is 349. The minimum Gasteiger partial charge on any atom is -0.399 e. The van der Waals surface area contributed by atoms with Gasteiger partial charge in [-0.3, -0.25) is 14.8 Å². The molecule has 0 saturated heterocycles. The lowest BCUT2D eigenvalue weighted by molar-refractivity contribution is 0.0704. The van der Waals surface area contributed by atoms with Crippen molar-refractivity contribution >= 4 is 17.9 Å². The number of rotatable bonds is 2. The van der Waals surface area contributed by atoms with Crippen molar-refractivity contribution in [3.63, 3.8) is 0 Å². The number of nitrogens with two attached hydrogens (primary N) is 1. The molecule has 0 aliphatic heterocycles. The number of benzene rings is 1. The number of hydroxylamine groups is 1. The SMILES string of the molecule is Nc1ccc(C=O)c(C(=O)NO)c1. The van der Waals surface area contributed by atoms with Gasteiger partial charge in [0.2, 0.25) is 0 Å². The molecule has 0 saturated carbocycles. The summed E-state index contributed by atoms with van der Waals surface area (Å²) in [7, 11) is 0. The van der Waals surface area contributed by atoms with Gasteiger partial charge in [-0.1, -0.05) is 0 Å². The van der Waals surface area contributed by atoms with E-state index in [-0.39, 0.29) is 11.1 Å². The van der Waals surface area contributed by atoms with Gasteiger partial charge in [0.25, 0.3) is 5.91 Å². The maximum absolute atomic E-state index is 11.0. The summed E-state index contributed by atoms with van der Waals surface area (Å²) in [5.74, 6) is -0.755. The molecule has 0 unspecified atom stereocenters. The van der Waals surface area contributed by atoms with Crippen LogP contribution in [0.1, 0.15) is 20.7 Å². The second-order valence-electron chi connectivity index (χ2n) is 2.41. The lowest BCUT2D eigenvalue weighted by Gasteiger charge is -2.02. The van der Waals surface area contributed by atoms with Gasteiger partial charge in [0, 0.05) is 11.3 Å². The van der Waals surface area contributed by atoms with Gasteiger partial charge in [-0.25, -0.2) is 5.48 Å². The van der Waals surface area contributed by atoms with Crippen LogP contribution in [-0.2, 0) is 0 Å². The smallest absolute Gasteiger partial charge is 0.275 e. The predicted octanol–water partition coefficient (Wildman–Crippen LogP) is 0.200. The number of nitrogen functional groups attached to an aromatic ring is 1. The van der Waals surface area contributed by atoms with E-state index >= 15 is 0 Å². The molecular formula is C8H8N2O3. The van der Waals surface area contributed by atoms with Crippen LogP contribution in [0.5, 0.6) is 0 Å². The van der Waals surface area contributed by atoms with Crippen molar-refractivity contribution in [3.8, 4) is 0 Å². The van der Waals surface area contributed by atoms with E-state index in [2.05, 4.69) is 0 Å². The number of hydrogen-bond donors (Lipinski definition) is 3. The molecule has 68 valence electrons. The summed E-state index contributed by atoms with van der Waals surface area (Å²) in [5, 5.41) is 8.34. The summed E-state index contributed by atoms with van der Waals surface area (Å²) in [6, 6.07) is 4.22. The van der Waals surface area contributed by atoms with Crippen molar-refractivity contribution in [2.24, 2.45) is 0 Å². The number of aldehydes is 1. The Morgan fingerprint density at radius 3 is 2.77 bits per heavy atom. The molecule has 1 aromatic rings. The first kappa shape index (κ1) is 9.21. The van der Waals surface area contributed by atoms with E-state index in [0.717, 1.165) is 0 Å². The van der Waals surface area contributed by atoms with Gasteiger partial charge in [-0.15, -0.1) is 0 Å². The van der Waals surface area contributed by atoms with Crippen LogP contribution in [0.25, 0.3) is 0 Å². The molecule has 5 heteroatoms. The van der Waals surface area contributed by atoms with Crippen molar-refractivity contribution in [1.29, 1.82) is 0 Å². The molecule has 0 fully saturated rings. The monoisotopic (exact) mass is 180 g/mol. The predicted molar refractivity (Wildman–Crippen MR) is 45.5 cm³/mol. The molecule has 0 heterocycles. The number of amides is 1. The van der Waals surface area contributed by atoms with Gasteiger partial charge in [-0.2, -0.15) is 0 Å². The Labute approximate surface area is 74.1 Å². The van der Waals surface area contributed by atoms with Crippen LogP contribution >= 0.6 is 0 Å². The highest BCUT2D eigenvalue weighted by molar-refractivity contribution is 6.01. The normalized spacial score (nSPS) is 9.31. The van der Waals surface area contributed by atoms with E-state index in [0.29, 0.717) is 12.0 Å². The third-order valence-corrected chi connectivity index (χ3v) is 1.55. The van der Waals surface area contributed by atoms with E-state index in [9.17, 15) is 9.59 Å². The number of carbonyl (C=O) groups is 2. The Kier molecular flexibility index (Phi) is 2.61. The zero-order valence-electron chi connectivity index (χ0n) is 6.65. The van der Waals surface area contributed by atoms with E-state index in [1.54, 1.807) is 0 Å². The van der Waals surface area contributed by atoms with Crippen molar-refractivity contribution in [1.82, 2.24) is 5.48 Å². The fraction of sp³-hybridized carbons (Fsp3) is 0. The van der Waals surface area contributed by atoms with Crippen LogP contribution in [0.2, 0.25) is 0 Å². The fourth-order valence-electron chi connectivity index (χ4n) is 0.934. The minimum atomic E-state index is -0.755. The topological polar surface area (TPSA) is 92.4 Å². The van der Waals surface area contributed by atoms with Crippen molar-refractivity contribution < 1.29 is 14.8 Å². The van der Waals surface area contributed by atoms with Crippen LogP contribution in [0, 0.1) is 0 Å². The summed E-state index contributed by atoms with van der Waals surface area (Å²) in [4.78, 5) is 21.4. The van der Waals surface area contributed by atoms with Gasteiger partial charge >= 0.3 is 0 Å². The zero-order chi connectivity index (χ0) is 9.84. The Balaban J connectivity index is 3.23. The largest absolute Gasteiger partial charge is 0.399 e. The van der Waals surface area contributed by atoms with Crippen LogP contribution in [0.15, 0.2) is 18.2 Å². The zero-order valence-corrected chi connectivity index (χ0v) is 6.65. The van der Waals surface area contributed by atoms with E-state index in [1.165, 1.54) is 23.7 Å². The molecule has 0 aromatic heterocycles. The van der Waals surface area contributed by atoms with Gasteiger partial charge < -0.3 is 5.73 Å². The highest BCUT2D eigenvalue weighted by Gasteiger charge is 2.09. The molecule has 0 spiro atoms. The lowest BCUT2D eigenvalue weighted by Crippen LogP contribution is -2.20. The highest BCUT2D eigenvalue weighted by atomic mass is 16.5. The fourth-order valence-corrected chi connectivity index (χ4v) is 0.934. The number of hydrogen-bond acceptors (Lipinski definition) is 4. The molecule has 0 bridgehead atoms. The Morgan fingerprint density at radius 2 is 2.23 bits per heavy atom. The quantitative estimate of drug-likeness (QED) is 0.262. The van der Waals surface area contributed by atoms with Crippen LogP contribution < -0.4 is 11.2 Å². The Morgan fingerprint density at radius 1 is 1.54 bits per heavy atom. The number of carbonyl (C=O) groups excluding carboxylic acids is 2. The van der Waals surface area contributed by atoms with Gasteiger partial charge in [0.05, 0.1) is 5.56 Å². The van der Waals surface area contributed by atoms with E-state index in [4.69, 9.17) is 10.9 Å². The standard InChI is InChI=1S/C8H8N2O3/c9-6-2-1-5(4-11)7(3-6)8(12)10-13/h1-4,13H,9H2,(H,10,12). The maximum Gasteiger partial charge on any atom is 0.275 e. The third-order valence-electron chi connectivity index (χ3n) is 1.55. The highest BCUT2D eigenvalue weighted by Crippen LogP contribution is 2.11. The average Bonchev–Trinajstić information content (AvgIpc) is 2.16. The summed E-state index contributed by atoms with van der Waals surface area (Å²) >= 11 is 0. The van der Waals surface area contributed by atoms with Gasteiger partial charge in [0.1, 0.15) is 0 Å². The molecule has 1 aromatic carbocycles. The minimum absolute atomic E-state index is 0.0532. The van der Waals surface area contributed by atoms with Crippen molar-refractivity contribution in [2.75, 3.05) is 5.73 Å². The van der Waals surface area contributed by atoms with E-state index < -0.39 is 5.91 Å². The molecule has 0 radical (unpaired) electrons. The average molecular weight is 180 g/mol. The molecule has 4 N–H and O–H groups in total. The van der Waals surface area contributed by atoms with Crippen molar-refractivity contribution in [2.45, 2.75) is 0 Å². The first-order valence-electron chi connectivity index (χ1n) is 3.48. The summed E-state index contributed by atoms with van der Waals surface area (Å²) in [5.41, 5.74) is 7.41. The van der Waals surface area contributed by atoms with Gasteiger partial charge in [0.15, 0.2) is 6.29 Å². The molecular weight excluding hydrogens is 172 g/mol. The summed E-state index contributed by atoms with van der Waals surface area (Å²) < 4.78 is 0. The van der Waals surface area contributed by atoms with Crippen molar-refractivity contribution in [3.05, 3.63) is 29.3 Å². The molecule has 5 nitrogen and oxygen atoms in total. The van der Waals surface area contributed by atoms with E-state index in [1.807, 2.05) is 0 Å². The molecule has 1 rings (SSSR count). The Hall–Kier alpha value is -1.88. The second kappa shape index (κ2) is 3.68. The molecule has 0 aliphatic rings. The summed E-state index contributed by atoms with van der Waals surface area (Å²) in [6.45, 7) is 0. The van der Waals surface area contributed by atoms with Crippen LogP contribution in [0.3, 0.4) is 0 Å². The second-order valence-corrected chi connectivity index (χ2v) is 2.41. The molecule has 1 amide bonds. The molecule has 0 aliphatic carbocycles. The van der Waals surface area contributed by atoms with Crippen LogP contribution in [-0.4, -0.2) is 17.4 Å². The number of anilines is 1.